The van der Waals surface area contributed by atoms with E-state index in [1.165, 1.54) is 18.2 Å². The molecule has 1 saturated carbocycles. The Hall–Kier alpha value is -5.55. The van der Waals surface area contributed by atoms with E-state index in [1.54, 1.807) is 38.1 Å². The molecule has 0 radical (unpaired) electrons. The Balaban J connectivity index is 1.17. The van der Waals surface area contributed by atoms with Crippen molar-refractivity contribution >= 4 is 52.6 Å². The van der Waals surface area contributed by atoms with Gasteiger partial charge in [0.25, 0.3) is 5.91 Å². The molecule has 0 atom stereocenters. The molecule has 5 rings (SSSR count). The van der Waals surface area contributed by atoms with Crippen LogP contribution in [0.2, 0.25) is 5.02 Å². The Kier molecular flexibility index (Phi) is 11.7. The fourth-order valence-electron chi connectivity index (χ4n) is 5.02. The molecule has 3 aromatic carbocycles. The number of aromatic nitrogens is 3. The quantitative estimate of drug-likeness (QED) is 0.0717. The SMILES string of the molecule is CC(C)(CNC(=O)C(=O)Nc1ccc(F)cc1CN)CNC(=O)c1ccc(Nc2nc(NC3(c4ccc(Cl)cc4)CC3)nc(OCC(F)(F)F)n2)cc1. The summed E-state index contributed by atoms with van der Waals surface area (Å²) in [7, 11) is 0. The lowest BCUT2D eigenvalue weighted by Crippen LogP contribution is -2.45. The lowest BCUT2D eigenvalue weighted by atomic mass is 9.93. The van der Waals surface area contributed by atoms with Gasteiger partial charge >= 0.3 is 24.0 Å². The average Bonchev–Trinajstić information content (AvgIpc) is 3.89. The molecule has 0 unspecified atom stereocenters. The van der Waals surface area contributed by atoms with E-state index in [0.717, 1.165) is 30.5 Å². The number of carbonyl (C=O) groups is 3. The topological polar surface area (TPSA) is 185 Å². The molecule has 1 fully saturated rings. The van der Waals surface area contributed by atoms with Gasteiger partial charge in [0.05, 0.1) is 5.54 Å². The molecule has 0 aliphatic heterocycles. The fraction of sp³-hybridized carbons (Fsp3) is 0.314. The first-order valence-electron chi connectivity index (χ1n) is 16.3. The van der Waals surface area contributed by atoms with Crippen molar-refractivity contribution in [3.05, 3.63) is 94.3 Å². The van der Waals surface area contributed by atoms with Crippen LogP contribution in [0.3, 0.4) is 0 Å². The molecule has 1 heterocycles. The maximum Gasteiger partial charge on any atom is 0.422 e. The van der Waals surface area contributed by atoms with Crippen LogP contribution in [0.25, 0.3) is 0 Å². The molecule has 0 saturated heterocycles. The van der Waals surface area contributed by atoms with Gasteiger partial charge in [-0.1, -0.05) is 37.6 Å². The van der Waals surface area contributed by atoms with Gasteiger partial charge in [-0.2, -0.15) is 28.1 Å². The number of alkyl halides is 3. The highest BCUT2D eigenvalue weighted by atomic mass is 35.5. The van der Waals surface area contributed by atoms with Crippen molar-refractivity contribution in [3.63, 3.8) is 0 Å². The maximum absolute atomic E-state index is 13.5. The summed E-state index contributed by atoms with van der Waals surface area (Å²) in [5, 5.41) is 14.4. The van der Waals surface area contributed by atoms with Crippen molar-refractivity contribution in [2.75, 3.05) is 35.6 Å². The Morgan fingerprint density at radius 1 is 0.887 bits per heavy atom. The van der Waals surface area contributed by atoms with Crippen molar-refractivity contribution in [3.8, 4) is 6.01 Å². The van der Waals surface area contributed by atoms with Crippen LogP contribution in [0.15, 0.2) is 66.7 Å². The number of hydrogen-bond donors (Lipinski definition) is 6. The predicted molar refractivity (Wildman–Crippen MR) is 189 cm³/mol. The monoisotopic (exact) mass is 757 g/mol. The van der Waals surface area contributed by atoms with Crippen LogP contribution in [-0.4, -0.2) is 58.5 Å². The number of rotatable bonds is 14. The van der Waals surface area contributed by atoms with Crippen LogP contribution in [0.5, 0.6) is 6.01 Å². The van der Waals surface area contributed by atoms with Gasteiger partial charge in [-0.25, -0.2) is 4.39 Å². The van der Waals surface area contributed by atoms with E-state index < -0.39 is 53.3 Å². The number of halogens is 5. The standard InChI is InChI=1S/C35H36ClF4N9O4/c1-33(2,18-43-28(51)29(52)45-26-12-9-24(37)15-21(26)16-41)17-42-27(50)20-3-10-25(11-4-20)44-30-46-31(48-32(47-30)53-19-35(38,39)40)49-34(13-14-34)22-5-7-23(36)8-6-22/h3-12,15H,13-14,16-19,41H2,1-2H3,(H,42,50)(H,43,51)(H,45,52)(H2,44,46,47,48,49). The summed E-state index contributed by atoms with van der Waals surface area (Å²) in [6.07, 6.45) is -3.17. The Morgan fingerprint density at radius 2 is 1.55 bits per heavy atom. The first-order valence-corrected chi connectivity index (χ1v) is 16.6. The number of benzene rings is 3. The van der Waals surface area contributed by atoms with Crippen LogP contribution >= 0.6 is 11.6 Å². The molecule has 0 bridgehead atoms. The van der Waals surface area contributed by atoms with Crippen LogP contribution in [0, 0.1) is 11.2 Å². The van der Waals surface area contributed by atoms with Gasteiger partial charge in [0.1, 0.15) is 5.82 Å². The molecule has 1 aliphatic carbocycles. The number of nitrogens with one attached hydrogen (secondary N) is 5. The summed E-state index contributed by atoms with van der Waals surface area (Å²) in [4.78, 5) is 50.1. The molecule has 1 aliphatic rings. The van der Waals surface area contributed by atoms with Gasteiger partial charge in [-0.05, 0) is 84.0 Å². The van der Waals surface area contributed by atoms with Crippen molar-refractivity contribution in [2.45, 2.75) is 44.9 Å². The molecular formula is C35H36ClF4N9O4. The van der Waals surface area contributed by atoms with Crippen LogP contribution < -0.4 is 37.1 Å². The van der Waals surface area contributed by atoms with Gasteiger partial charge in [-0.15, -0.1) is 0 Å². The number of nitrogens with zero attached hydrogens (tertiary/aromatic N) is 3. The smallest absolute Gasteiger partial charge is 0.422 e. The summed E-state index contributed by atoms with van der Waals surface area (Å²) in [6.45, 7) is 2.06. The van der Waals surface area contributed by atoms with Crippen molar-refractivity contribution in [2.24, 2.45) is 11.1 Å². The Labute approximate surface area is 306 Å². The van der Waals surface area contributed by atoms with E-state index in [4.69, 9.17) is 22.1 Å². The van der Waals surface area contributed by atoms with E-state index in [2.05, 4.69) is 41.5 Å². The Morgan fingerprint density at radius 3 is 2.19 bits per heavy atom. The van der Waals surface area contributed by atoms with E-state index in [0.29, 0.717) is 16.3 Å². The normalized spacial score (nSPS) is 13.4. The lowest BCUT2D eigenvalue weighted by Gasteiger charge is -2.25. The van der Waals surface area contributed by atoms with Gasteiger partial charge in [-0.3, -0.25) is 14.4 Å². The maximum atomic E-state index is 13.5. The second-order valence-corrected chi connectivity index (χ2v) is 13.5. The number of amides is 3. The molecule has 53 heavy (non-hydrogen) atoms. The van der Waals surface area contributed by atoms with Crippen LogP contribution in [0.1, 0.15) is 48.2 Å². The van der Waals surface area contributed by atoms with Crippen molar-refractivity contribution < 1.29 is 36.7 Å². The van der Waals surface area contributed by atoms with Gasteiger partial charge in [0.15, 0.2) is 6.61 Å². The summed E-state index contributed by atoms with van der Waals surface area (Å²) >= 11 is 6.03. The third kappa shape index (κ3) is 11.0. The minimum Gasteiger partial charge on any atom is -0.454 e. The second-order valence-electron chi connectivity index (χ2n) is 13.1. The van der Waals surface area contributed by atoms with E-state index in [9.17, 15) is 31.9 Å². The molecule has 7 N–H and O–H groups in total. The largest absolute Gasteiger partial charge is 0.454 e. The summed E-state index contributed by atoms with van der Waals surface area (Å²) in [5.41, 5.74) is 6.54. The van der Waals surface area contributed by atoms with Crippen molar-refractivity contribution in [1.82, 2.24) is 25.6 Å². The van der Waals surface area contributed by atoms with Crippen molar-refractivity contribution in [1.29, 1.82) is 0 Å². The van der Waals surface area contributed by atoms with Crippen LogP contribution in [0.4, 0.5) is 40.8 Å². The molecule has 3 amide bonds. The first-order chi connectivity index (χ1) is 25.0. The highest BCUT2D eigenvalue weighted by molar-refractivity contribution is 6.39. The zero-order valence-corrected chi connectivity index (χ0v) is 29.3. The molecule has 13 nitrogen and oxygen atoms in total. The third-order valence-corrected chi connectivity index (χ3v) is 8.33. The molecule has 1 aromatic heterocycles. The average molecular weight is 758 g/mol. The summed E-state index contributed by atoms with van der Waals surface area (Å²) in [6, 6.07) is 16.4. The van der Waals surface area contributed by atoms with E-state index in [1.807, 2.05) is 12.1 Å². The Bertz CT molecular complexity index is 1960. The van der Waals surface area contributed by atoms with Crippen LogP contribution in [-0.2, 0) is 21.7 Å². The number of hydrogen-bond acceptors (Lipinski definition) is 10. The third-order valence-electron chi connectivity index (χ3n) is 8.08. The van der Waals surface area contributed by atoms with Gasteiger partial charge in [0, 0.05) is 41.6 Å². The second kappa shape index (κ2) is 16.0. The first kappa shape index (κ1) is 38.7. The van der Waals surface area contributed by atoms with E-state index >= 15 is 0 Å². The summed E-state index contributed by atoms with van der Waals surface area (Å²) < 4.78 is 57.1. The summed E-state index contributed by atoms with van der Waals surface area (Å²) in [5.74, 6) is -2.94. The highest BCUT2D eigenvalue weighted by Crippen LogP contribution is 2.48. The lowest BCUT2D eigenvalue weighted by molar-refractivity contribution is -0.154. The fourth-order valence-corrected chi connectivity index (χ4v) is 5.15. The van der Waals surface area contributed by atoms with E-state index in [-0.39, 0.29) is 42.8 Å². The minimum absolute atomic E-state index is 0.00355. The zero-order valence-electron chi connectivity index (χ0n) is 28.5. The number of anilines is 4. The zero-order chi connectivity index (χ0) is 38.4. The van der Waals surface area contributed by atoms with Gasteiger partial charge < -0.3 is 37.1 Å². The minimum atomic E-state index is -4.62. The molecule has 280 valence electrons. The highest BCUT2D eigenvalue weighted by Gasteiger charge is 2.45. The molecule has 18 heteroatoms. The van der Waals surface area contributed by atoms with Gasteiger partial charge in [0.2, 0.25) is 11.9 Å². The predicted octanol–water partition coefficient (Wildman–Crippen LogP) is 5.42. The number of nitrogens with two attached hydrogens (primary N) is 1. The number of ether oxygens (including phenoxy) is 1. The molecule has 4 aromatic rings. The molecule has 0 spiro atoms. The number of carbonyl (C=O) groups excluding carboxylic acids is 3. The molecular weight excluding hydrogens is 722 g/mol.